The number of para-hydroxylation sites is 1. The summed E-state index contributed by atoms with van der Waals surface area (Å²) in [5.74, 6) is 1.65. The fourth-order valence-electron chi connectivity index (χ4n) is 2.24. The summed E-state index contributed by atoms with van der Waals surface area (Å²) in [6.45, 7) is 6.53. The molecule has 0 fully saturated rings. The Kier molecular flexibility index (Phi) is 10.1. The number of hydrogen-bond donors (Lipinski definition) is 2. The maximum absolute atomic E-state index is 4.61. The summed E-state index contributed by atoms with van der Waals surface area (Å²) < 4.78 is 1.96. The molecule has 1 aromatic carbocycles. The van der Waals surface area contributed by atoms with Gasteiger partial charge >= 0.3 is 0 Å². The lowest BCUT2D eigenvalue weighted by Crippen LogP contribution is -2.37. The topological polar surface area (TPSA) is 67.1 Å². The average molecular weight is 442 g/mol. The summed E-state index contributed by atoms with van der Waals surface area (Å²) in [6, 6.07) is 10.1. The summed E-state index contributed by atoms with van der Waals surface area (Å²) in [5.41, 5.74) is 1.05. The quantitative estimate of drug-likeness (QED) is 0.285. The zero-order valence-corrected chi connectivity index (χ0v) is 16.7. The average Bonchev–Trinajstić information content (AvgIpc) is 3.06. The van der Waals surface area contributed by atoms with Gasteiger partial charge in [-0.15, -0.1) is 34.2 Å². The number of benzene rings is 1. The van der Waals surface area contributed by atoms with Crippen LogP contribution in [0, 0.1) is 0 Å². The van der Waals surface area contributed by atoms with Crippen molar-refractivity contribution in [3.05, 3.63) is 42.5 Å². The first-order valence-corrected chi connectivity index (χ1v) is 8.31. The van der Waals surface area contributed by atoms with Gasteiger partial charge in [0.2, 0.25) is 0 Å². The summed E-state index contributed by atoms with van der Waals surface area (Å²) in [5, 5.41) is 14.8. The molecule has 0 bridgehead atoms. The van der Waals surface area contributed by atoms with E-state index in [0.29, 0.717) is 6.54 Å². The van der Waals surface area contributed by atoms with Gasteiger partial charge in [0, 0.05) is 18.8 Å². The first-order valence-electron chi connectivity index (χ1n) is 8.31. The van der Waals surface area contributed by atoms with Crippen molar-refractivity contribution in [2.24, 2.45) is 4.99 Å². The molecule has 0 spiro atoms. The maximum Gasteiger partial charge on any atom is 0.191 e. The van der Waals surface area contributed by atoms with Crippen LogP contribution in [0.3, 0.4) is 0 Å². The van der Waals surface area contributed by atoms with E-state index in [0.717, 1.165) is 37.0 Å². The van der Waals surface area contributed by atoms with Gasteiger partial charge in [0.15, 0.2) is 11.8 Å². The zero-order valence-electron chi connectivity index (χ0n) is 14.4. The van der Waals surface area contributed by atoms with Crippen LogP contribution in [0.5, 0.6) is 0 Å². The monoisotopic (exact) mass is 442 g/mol. The van der Waals surface area contributed by atoms with Gasteiger partial charge in [-0.3, -0.25) is 4.57 Å². The van der Waals surface area contributed by atoms with E-state index in [2.05, 4.69) is 39.7 Å². The lowest BCUT2D eigenvalue weighted by Gasteiger charge is -2.11. The second-order valence-electron chi connectivity index (χ2n) is 5.28. The molecule has 0 aliphatic rings. The van der Waals surface area contributed by atoms with Crippen molar-refractivity contribution in [3.8, 4) is 5.69 Å². The first-order chi connectivity index (χ1) is 11.3. The Labute approximate surface area is 161 Å². The first kappa shape index (κ1) is 20.4. The molecule has 0 saturated heterocycles. The Morgan fingerprint density at radius 1 is 1.12 bits per heavy atom. The zero-order chi connectivity index (χ0) is 16.3. The summed E-state index contributed by atoms with van der Waals surface area (Å²) in [4.78, 5) is 4.61. The number of nitrogens with zero attached hydrogens (tertiary/aromatic N) is 4. The van der Waals surface area contributed by atoms with Crippen molar-refractivity contribution < 1.29 is 0 Å². The predicted octanol–water partition coefficient (Wildman–Crippen LogP) is 3.13. The molecule has 1 heterocycles. The third-order valence-electron chi connectivity index (χ3n) is 3.45. The summed E-state index contributed by atoms with van der Waals surface area (Å²) in [6.07, 6.45) is 5.33. The number of unbranched alkanes of at least 4 members (excludes halogenated alkanes) is 2. The Bertz CT molecular complexity index is 596. The van der Waals surface area contributed by atoms with Crippen LogP contribution in [0.2, 0.25) is 0 Å². The van der Waals surface area contributed by atoms with Gasteiger partial charge in [0.25, 0.3) is 0 Å². The summed E-state index contributed by atoms with van der Waals surface area (Å²) in [7, 11) is 0. The van der Waals surface area contributed by atoms with Crippen molar-refractivity contribution in [1.29, 1.82) is 0 Å². The highest BCUT2D eigenvalue weighted by Gasteiger charge is 2.06. The number of aromatic nitrogens is 3. The molecule has 24 heavy (non-hydrogen) atoms. The van der Waals surface area contributed by atoms with E-state index in [-0.39, 0.29) is 24.0 Å². The number of halogens is 1. The largest absolute Gasteiger partial charge is 0.357 e. The normalized spacial score (nSPS) is 11.0. The highest BCUT2D eigenvalue weighted by Crippen LogP contribution is 2.09. The van der Waals surface area contributed by atoms with Crippen LogP contribution >= 0.6 is 24.0 Å². The molecule has 0 aliphatic carbocycles. The molecule has 0 radical (unpaired) electrons. The van der Waals surface area contributed by atoms with Crippen molar-refractivity contribution in [2.45, 2.75) is 39.7 Å². The van der Waals surface area contributed by atoms with E-state index in [9.17, 15) is 0 Å². The van der Waals surface area contributed by atoms with Gasteiger partial charge in [0.1, 0.15) is 12.9 Å². The van der Waals surface area contributed by atoms with E-state index in [1.807, 2.05) is 34.9 Å². The molecule has 0 saturated carbocycles. The molecular formula is C17H27IN6. The molecular weight excluding hydrogens is 415 g/mol. The van der Waals surface area contributed by atoms with Crippen LogP contribution in [0.1, 0.15) is 38.9 Å². The predicted molar refractivity (Wildman–Crippen MR) is 109 cm³/mol. The molecule has 2 rings (SSSR count). The highest BCUT2D eigenvalue weighted by atomic mass is 127. The van der Waals surface area contributed by atoms with E-state index in [1.54, 1.807) is 6.33 Å². The van der Waals surface area contributed by atoms with Crippen molar-refractivity contribution >= 4 is 29.9 Å². The van der Waals surface area contributed by atoms with Crippen molar-refractivity contribution in [1.82, 2.24) is 25.4 Å². The molecule has 0 atom stereocenters. The van der Waals surface area contributed by atoms with Crippen molar-refractivity contribution in [2.75, 3.05) is 13.1 Å². The minimum atomic E-state index is 0. The second-order valence-corrected chi connectivity index (χ2v) is 5.28. The fourth-order valence-corrected chi connectivity index (χ4v) is 2.24. The van der Waals surface area contributed by atoms with Gasteiger partial charge in [-0.1, -0.05) is 38.0 Å². The van der Waals surface area contributed by atoms with Gasteiger partial charge in [-0.25, -0.2) is 4.99 Å². The van der Waals surface area contributed by atoms with E-state index >= 15 is 0 Å². The van der Waals surface area contributed by atoms with Crippen LogP contribution in [0.25, 0.3) is 5.69 Å². The van der Waals surface area contributed by atoms with Gasteiger partial charge in [-0.2, -0.15) is 0 Å². The molecule has 132 valence electrons. The summed E-state index contributed by atoms with van der Waals surface area (Å²) >= 11 is 0. The fraction of sp³-hybridized carbons (Fsp3) is 0.471. The minimum absolute atomic E-state index is 0. The molecule has 1 aromatic heterocycles. The Hall–Kier alpha value is -1.64. The Morgan fingerprint density at radius 3 is 2.62 bits per heavy atom. The Balaban J connectivity index is 0.00000288. The number of rotatable bonds is 8. The van der Waals surface area contributed by atoms with E-state index in [1.165, 1.54) is 12.8 Å². The van der Waals surface area contributed by atoms with E-state index < -0.39 is 0 Å². The van der Waals surface area contributed by atoms with Crippen LogP contribution in [0.15, 0.2) is 41.7 Å². The number of aliphatic imine (C=N–C) groups is 1. The molecule has 2 N–H and O–H groups in total. The van der Waals surface area contributed by atoms with E-state index in [4.69, 9.17) is 0 Å². The standard InChI is InChI=1S/C17H26N6.HI/c1-3-5-9-12-19-17(18-4-2)20-13-16-22-21-14-23(16)15-10-7-6-8-11-15;/h6-8,10-11,14H,3-5,9,12-13H2,1-2H3,(H2,18,19,20);1H. The minimum Gasteiger partial charge on any atom is -0.357 e. The maximum atomic E-state index is 4.61. The third kappa shape index (κ3) is 6.46. The highest BCUT2D eigenvalue weighted by molar-refractivity contribution is 14.0. The Morgan fingerprint density at radius 2 is 1.92 bits per heavy atom. The van der Waals surface area contributed by atoms with Crippen molar-refractivity contribution in [3.63, 3.8) is 0 Å². The van der Waals surface area contributed by atoms with Gasteiger partial charge in [-0.05, 0) is 25.5 Å². The number of guanidine groups is 1. The molecule has 0 unspecified atom stereocenters. The molecule has 0 aliphatic heterocycles. The van der Waals surface area contributed by atoms with Crippen LogP contribution < -0.4 is 10.6 Å². The number of hydrogen-bond acceptors (Lipinski definition) is 3. The molecule has 0 amide bonds. The molecule has 6 nitrogen and oxygen atoms in total. The second kappa shape index (κ2) is 11.8. The van der Waals surface area contributed by atoms with Crippen LogP contribution in [0.4, 0.5) is 0 Å². The third-order valence-corrected chi connectivity index (χ3v) is 3.45. The smallest absolute Gasteiger partial charge is 0.191 e. The molecule has 2 aromatic rings. The lowest BCUT2D eigenvalue weighted by molar-refractivity contribution is 0.682. The van der Waals surface area contributed by atoms with Crippen LogP contribution in [-0.4, -0.2) is 33.8 Å². The van der Waals surface area contributed by atoms with Gasteiger partial charge < -0.3 is 10.6 Å². The van der Waals surface area contributed by atoms with Crippen LogP contribution in [-0.2, 0) is 6.54 Å². The lowest BCUT2D eigenvalue weighted by atomic mass is 10.2. The number of nitrogens with one attached hydrogen (secondary N) is 2. The SMILES string of the molecule is CCCCCNC(=NCc1nncn1-c1ccccc1)NCC.I. The van der Waals surface area contributed by atoms with Gasteiger partial charge in [0.05, 0.1) is 0 Å². The molecule has 7 heteroatoms.